The van der Waals surface area contributed by atoms with Gasteiger partial charge in [0.15, 0.2) is 0 Å². The van der Waals surface area contributed by atoms with Crippen molar-refractivity contribution in [1.29, 1.82) is 0 Å². The van der Waals surface area contributed by atoms with Crippen molar-refractivity contribution in [3.05, 3.63) is 12.7 Å². The lowest BCUT2D eigenvalue weighted by Crippen LogP contribution is -2.49. The van der Waals surface area contributed by atoms with Crippen molar-refractivity contribution in [2.45, 2.75) is 38.6 Å². The summed E-state index contributed by atoms with van der Waals surface area (Å²) < 4.78 is 4.87. The zero-order valence-electron chi connectivity index (χ0n) is 11.4. The highest BCUT2D eigenvalue weighted by Crippen LogP contribution is 2.27. The molecule has 6 nitrogen and oxygen atoms in total. The van der Waals surface area contributed by atoms with Gasteiger partial charge in [-0.25, -0.2) is 4.79 Å². The van der Waals surface area contributed by atoms with E-state index in [2.05, 4.69) is 11.9 Å². The van der Waals surface area contributed by atoms with Gasteiger partial charge in [0.1, 0.15) is 5.54 Å². The van der Waals surface area contributed by atoms with Crippen molar-refractivity contribution < 1.29 is 19.1 Å². The highest BCUT2D eigenvalue weighted by atomic mass is 16.5. The van der Waals surface area contributed by atoms with Crippen molar-refractivity contribution in [2.24, 2.45) is 0 Å². The number of amides is 3. The van der Waals surface area contributed by atoms with Gasteiger partial charge in [-0.1, -0.05) is 19.4 Å². The molecule has 1 atom stereocenters. The Labute approximate surface area is 112 Å². The third-order valence-electron chi connectivity index (χ3n) is 2.99. The molecule has 1 fully saturated rings. The van der Waals surface area contributed by atoms with E-state index in [-0.39, 0.29) is 25.5 Å². The number of hydrogen-bond acceptors (Lipinski definition) is 4. The van der Waals surface area contributed by atoms with Crippen LogP contribution in [0.25, 0.3) is 0 Å². The Bertz CT molecular complexity index is 394. The van der Waals surface area contributed by atoms with Gasteiger partial charge in [-0.2, -0.15) is 0 Å². The second-order valence-corrected chi connectivity index (χ2v) is 4.45. The van der Waals surface area contributed by atoms with E-state index in [1.54, 1.807) is 6.92 Å². The quantitative estimate of drug-likeness (QED) is 0.428. The molecule has 3 amide bonds. The largest absolute Gasteiger partial charge is 0.466 e. The maximum Gasteiger partial charge on any atom is 0.325 e. The molecule has 0 aliphatic carbocycles. The minimum absolute atomic E-state index is 0.132. The molecular formula is C13H20N2O4. The molecule has 1 aliphatic heterocycles. The molecule has 0 aromatic heterocycles. The first-order valence-electron chi connectivity index (χ1n) is 6.41. The number of rotatable bonds is 7. The number of urea groups is 1. The van der Waals surface area contributed by atoms with Gasteiger partial charge >= 0.3 is 12.0 Å². The van der Waals surface area contributed by atoms with Crippen LogP contribution >= 0.6 is 0 Å². The lowest BCUT2D eigenvalue weighted by atomic mass is 9.90. The van der Waals surface area contributed by atoms with E-state index in [0.29, 0.717) is 12.8 Å². The van der Waals surface area contributed by atoms with Crippen molar-refractivity contribution in [3.8, 4) is 0 Å². The number of nitrogens with one attached hydrogen (secondary N) is 1. The summed E-state index contributed by atoms with van der Waals surface area (Å²) in [6.45, 7) is 7.49. The van der Waals surface area contributed by atoms with Gasteiger partial charge in [-0.15, -0.1) is 6.58 Å². The van der Waals surface area contributed by atoms with E-state index < -0.39 is 17.5 Å². The van der Waals surface area contributed by atoms with Crippen molar-refractivity contribution >= 4 is 17.9 Å². The molecule has 19 heavy (non-hydrogen) atoms. The summed E-state index contributed by atoms with van der Waals surface area (Å²) in [4.78, 5) is 36.8. The number of imide groups is 1. The number of hydrogen-bond donors (Lipinski definition) is 1. The number of carbonyl (C=O) groups excluding carboxylic acids is 3. The minimum atomic E-state index is -1.17. The average molecular weight is 268 g/mol. The Hall–Kier alpha value is -1.85. The van der Waals surface area contributed by atoms with Crippen LogP contribution in [0, 0.1) is 0 Å². The standard InChI is InChI=1S/C13H20N2O4/c1-4-7-13(9-10(16)19-6-3)11(17)15(8-5-2)12(18)14-13/h5H,2,4,6-9H2,1,3H3,(H,14,18). The first-order chi connectivity index (χ1) is 9.00. The molecule has 0 aromatic carbocycles. The molecule has 0 aromatic rings. The van der Waals surface area contributed by atoms with E-state index in [9.17, 15) is 14.4 Å². The van der Waals surface area contributed by atoms with Gasteiger partial charge in [0.25, 0.3) is 5.91 Å². The Morgan fingerprint density at radius 3 is 2.68 bits per heavy atom. The fraction of sp³-hybridized carbons (Fsp3) is 0.615. The van der Waals surface area contributed by atoms with Crippen LogP contribution < -0.4 is 5.32 Å². The molecule has 0 bridgehead atoms. The fourth-order valence-corrected chi connectivity index (χ4v) is 2.23. The number of carbonyl (C=O) groups is 3. The van der Waals surface area contributed by atoms with Crippen molar-refractivity contribution in [3.63, 3.8) is 0 Å². The zero-order chi connectivity index (χ0) is 14.5. The molecule has 1 rings (SSSR count). The molecule has 6 heteroatoms. The topological polar surface area (TPSA) is 75.7 Å². The molecule has 1 saturated heterocycles. The van der Waals surface area contributed by atoms with Gasteiger partial charge in [-0.3, -0.25) is 14.5 Å². The molecule has 106 valence electrons. The Morgan fingerprint density at radius 1 is 1.47 bits per heavy atom. The third-order valence-corrected chi connectivity index (χ3v) is 2.99. The van der Waals surface area contributed by atoms with Crippen molar-refractivity contribution in [2.75, 3.05) is 13.2 Å². The predicted octanol–water partition coefficient (Wildman–Crippen LogP) is 1.22. The fourth-order valence-electron chi connectivity index (χ4n) is 2.23. The Kier molecular flexibility index (Phi) is 5.09. The lowest BCUT2D eigenvalue weighted by molar-refractivity contribution is -0.148. The van der Waals surface area contributed by atoms with Crippen LogP contribution in [-0.4, -0.2) is 41.5 Å². The van der Waals surface area contributed by atoms with Crippen LogP contribution in [0.5, 0.6) is 0 Å². The van der Waals surface area contributed by atoms with E-state index in [1.165, 1.54) is 6.08 Å². The van der Waals surface area contributed by atoms with Crippen LogP contribution in [0.4, 0.5) is 4.79 Å². The van der Waals surface area contributed by atoms with Crippen LogP contribution in [-0.2, 0) is 14.3 Å². The minimum Gasteiger partial charge on any atom is -0.466 e. The summed E-state index contributed by atoms with van der Waals surface area (Å²) in [6, 6.07) is -0.484. The van der Waals surface area contributed by atoms with Gasteiger partial charge < -0.3 is 10.1 Å². The van der Waals surface area contributed by atoms with E-state index >= 15 is 0 Å². The monoisotopic (exact) mass is 268 g/mol. The normalized spacial score (nSPS) is 22.3. The highest BCUT2D eigenvalue weighted by Gasteiger charge is 2.51. The summed E-state index contributed by atoms with van der Waals surface area (Å²) in [7, 11) is 0. The summed E-state index contributed by atoms with van der Waals surface area (Å²) in [5.74, 6) is -0.864. The number of esters is 1. The number of ether oxygens (including phenoxy) is 1. The number of nitrogens with zero attached hydrogens (tertiary/aromatic N) is 1. The van der Waals surface area contributed by atoms with E-state index in [0.717, 1.165) is 4.90 Å². The highest BCUT2D eigenvalue weighted by molar-refractivity contribution is 6.08. The average Bonchev–Trinajstić information content (AvgIpc) is 2.55. The Morgan fingerprint density at radius 2 is 2.16 bits per heavy atom. The first kappa shape index (κ1) is 15.2. The molecule has 1 heterocycles. The van der Waals surface area contributed by atoms with Gasteiger partial charge in [-0.05, 0) is 13.3 Å². The summed E-state index contributed by atoms with van der Waals surface area (Å²) in [6.07, 6.45) is 2.42. The van der Waals surface area contributed by atoms with Crippen LogP contribution in [0.2, 0.25) is 0 Å². The first-order valence-corrected chi connectivity index (χ1v) is 6.41. The molecule has 1 N–H and O–H groups in total. The molecular weight excluding hydrogens is 248 g/mol. The van der Waals surface area contributed by atoms with Crippen LogP contribution in [0.3, 0.4) is 0 Å². The molecule has 1 unspecified atom stereocenters. The van der Waals surface area contributed by atoms with Crippen LogP contribution in [0.15, 0.2) is 12.7 Å². The summed E-state index contributed by atoms with van der Waals surface area (Å²) in [5.41, 5.74) is -1.17. The molecule has 0 radical (unpaired) electrons. The molecule has 0 spiro atoms. The second-order valence-electron chi connectivity index (χ2n) is 4.45. The third kappa shape index (κ3) is 3.13. The predicted molar refractivity (Wildman–Crippen MR) is 69.3 cm³/mol. The van der Waals surface area contributed by atoms with E-state index in [4.69, 9.17) is 4.74 Å². The summed E-state index contributed by atoms with van der Waals surface area (Å²) >= 11 is 0. The maximum atomic E-state index is 12.3. The van der Waals surface area contributed by atoms with Crippen molar-refractivity contribution in [1.82, 2.24) is 10.2 Å². The van der Waals surface area contributed by atoms with Gasteiger partial charge in [0, 0.05) is 6.54 Å². The van der Waals surface area contributed by atoms with E-state index in [1.807, 2.05) is 6.92 Å². The second kappa shape index (κ2) is 6.36. The Balaban J connectivity index is 2.93. The summed E-state index contributed by atoms with van der Waals surface area (Å²) in [5, 5.41) is 2.63. The van der Waals surface area contributed by atoms with Gasteiger partial charge in [0.05, 0.1) is 13.0 Å². The lowest BCUT2D eigenvalue weighted by Gasteiger charge is -2.25. The zero-order valence-corrected chi connectivity index (χ0v) is 11.4. The van der Waals surface area contributed by atoms with Gasteiger partial charge in [0.2, 0.25) is 0 Å². The maximum absolute atomic E-state index is 12.3. The molecule has 1 aliphatic rings. The van der Waals surface area contributed by atoms with Crippen LogP contribution in [0.1, 0.15) is 33.1 Å². The smallest absolute Gasteiger partial charge is 0.325 e. The molecule has 0 saturated carbocycles. The SMILES string of the molecule is C=CCN1C(=O)NC(CCC)(CC(=O)OCC)C1=O.